The monoisotopic (exact) mass is 472 g/mol. The van der Waals surface area contributed by atoms with Gasteiger partial charge in [0.25, 0.3) is 0 Å². The van der Waals surface area contributed by atoms with Crippen LogP contribution in [0.1, 0.15) is 80.5 Å². The SMILES string of the molecule is CCOC(=O)c1sc(C2CC2)cc1-c1ccc(-c2cc(C3CC3)sc2C(=O)OCC)s1. The molecule has 0 amide bonds. The van der Waals surface area contributed by atoms with E-state index in [1.807, 2.05) is 13.8 Å². The van der Waals surface area contributed by atoms with Crippen LogP contribution in [0.3, 0.4) is 0 Å². The van der Waals surface area contributed by atoms with Gasteiger partial charge in [-0.1, -0.05) is 0 Å². The summed E-state index contributed by atoms with van der Waals surface area (Å²) < 4.78 is 10.7. The lowest BCUT2D eigenvalue weighted by Crippen LogP contribution is -2.03. The Bertz CT molecular complexity index is 1040. The normalized spacial score (nSPS) is 15.8. The van der Waals surface area contributed by atoms with E-state index in [2.05, 4.69) is 24.3 Å². The Balaban J connectivity index is 1.52. The smallest absolute Gasteiger partial charge is 0.348 e. The van der Waals surface area contributed by atoms with E-state index in [1.54, 1.807) is 34.0 Å². The van der Waals surface area contributed by atoms with E-state index in [9.17, 15) is 9.59 Å². The number of thiophene rings is 3. The maximum Gasteiger partial charge on any atom is 0.348 e. The second-order valence-corrected chi connectivity index (χ2v) is 11.2. The maximum absolute atomic E-state index is 12.6. The molecule has 3 aromatic rings. The number of ether oxygens (including phenoxy) is 2. The average molecular weight is 473 g/mol. The van der Waals surface area contributed by atoms with E-state index in [0.717, 1.165) is 20.9 Å². The van der Waals surface area contributed by atoms with Gasteiger partial charge in [0.15, 0.2) is 0 Å². The molecule has 0 aromatic carbocycles. The Morgan fingerprint density at radius 3 is 1.55 bits per heavy atom. The molecule has 0 radical (unpaired) electrons. The van der Waals surface area contributed by atoms with Crippen molar-refractivity contribution in [2.45, 2.75) is 51.4 Å². The minimum Gasteiger partial charge on any atom is -0.462 e. The van der Waals surface area contributed by atoms with Gasteiger partial charge in [0.05, 0.1) is 13.2 Å². The summed E-state index contributed by atoms with van der Waals surface area (Å²) in [5, 5.41) is 0. The van der Waals surface area contributed by atoms with Crippen molar-refractivity contribution in [3.63, 3.8) is 0 Å². The van der Waals surface area contributed by atoms with E-state index in [1.165, 1.54) is 35.4 Å². The number of esters is 2. The molecule has 0 N–H and O–H groups in total. The van der Waals surface area contributed by atoms with Gasteiger partial charge in [0, 0.05) is 30.6 Å². The van der Waals surface area contributed by atoms with Gasteiger partial charge in [-0.15, -0.1) is 34.0 Å². The first-order chi connectivity index (χ1) is 15.1. The summed E-state index contributed by atoms with van der Waals surface area (Å²) in [7, 11) is 0. The number of hydrogen-bond acceptors (Lipinski definition) is 7. The summed E-state index contributed by atoms with van der Waals surface area (Å²) in [6.07, 6.45) is 4.78. The van der Waals surface area contributed by atoms with E-state index in [4.69, 9.17) is 9.47 Å². The Labute approximate surface area is 193 Å². The third kappa shape index (κ3) is 4.23. The lowest BCUT2D eigenvalue weighted by molar-refractivity contribution is 0.0523. The van der Waals surface area contributed by atoms with Crippen LogP contribution in [0.15, 0.2) is 24.3 Å². The maximum atomic E-state index is 12.6. The highest BCUT2D eigenvalue weighted by molar-refractivity contribution is 7.21. The zero-order valence-electron chi connectivity index (χ0n) is 17.6. The van der Waals surface area contributed by atoms with Crippen molar-refractivity contribution in [3.8, 4) is 20.9 Å². The average Bonchev–Trinajstić information content (AvgIpc) is 3.64. The Morgan fingerprint density at radius 2 is 1.19 bits per heavy atom. The fourth-order valence-corrected chi connectivity index (χ4v) is 7.30. The van der Waals surface area contributed by atoms with E-state index in [-0.39, 0.29) is 11.9 Å². The van der Waals surface area contributed by atoms with E-state index < -0.39 is 0 Å². The first kappa shape index (κ1) is 20.9. The summed E-state index contributed by atoms with van der Waals surface area (Å²) in [6, 6.07) is 8.45. The Hall–Kier alpha value is -1.96. The van der Waals surface area contributed by atoms with Crippen molar-refractivity contribution >= 4 is 45.9 Å². The molecular formula is C24H24O4S3. The molecule has 0 aliphatic heterocycles. The molecule has 7 heteroatoms. The van der Waals surface area contributed by atoms with Crippen molar-refractivity contribution in [2.24, 2.45) is 0 Å². The van der Waals surface area contributed by atoms with Crippen LogP contribution in [0.4, 0.5) is 0 Å². The Morgan fingerprint density at radius 1 is 0.774 bits per heavy atom. The number of carbonyl (C=O) groups excluding carboxylic acids is 2. The van der Waals surface area contributed by atoms with Gasteiger partial charge in [-0.2, -0.15) is 0 Å². The van der Waals surface area contributed by atoms with Crippen LogP contribution in [0.2, 0.25) is 0 Å². The van der Waals surface area contributed by atoms with Crippen LogP contribution in [0.5, 0.6) is 0 Å². The molecule has 3 aromatic heterocycles. The summed E-state index contributed by atoms with van der Waals surface area (Å²) >= 11 is 4.77. The van der Waals surface area contributed by atoms with E-state index in [0.29, 0.717) is 34.8 Å². The van der Waals surface area contributed by atoms with Gasteiger partial charge in [0.2, 0.25) is 0 Å². The minimum absolute atomic E-state index is 0.247. The largest absolute Gasteiger partial charge is 0.462 e. The lowest BCUT2D eigenvalue weighted by Gasteiger charge is -2.02. The molecule has 0 unspecified atom stereocenters. The molecule has 2 aliphatic carbocycles. The molecule has 0 saturated heterocycles. The fraction of sp³-hybridized carbons (Fsp3) is 0.417. The third-order valence-corrected chi connectivity index (χ3v) is 9.23. The van der Waals surface area contributed by atoms with Gasteiger partial charge in [-0.3, -0.25) is 0 Å². The Kier molecular flexibility index (Phi) is 5.75. The standard InChI is InChI=1S/C24H24O4S3/c1-3-27-23(25)21-15(11-19(30-21)13-5-6-13)17-9-10-18(29-17)16-12-20(14-7-8-14)31-22(16)24(26)28-4-2/h9-14H,3-8H2,1-2H3. The summed E-state index contributed by atoms with van der Waals surface area (Å²) in [5.74, 6) is 0.672. The van der Waals surface area contributed by atoms with Crippen molar-refractivity contribution in [1.82, 2.24) is 0 Å². The highest BCUT2D eigenvalue weighted by Crippen LogP contribution is 2.50. The highest BCUT2D eigenvalue weighted by atomic mass is 32.1. The van der Waals surface area contributed by atoms with Gasteiger partial charge < -0.3 is 9.47 Å². The molecule has 3 heterocycles. The zero-order chi connectivity index (χ0) is 21.5. The van der Waals surface area contributed by atoms with Gasteiger partial charge in [-0.25, -0.2) is 9.59 Å². The fourth-order valence-electron chi connectivity index (χ4n) is 3.65. The van der Waals surface area contributed by atoms with Crippen molar-refractivity contribution in [2.75, 3.05) is 13.2 Å². The van der Waals surface area contributed by atoms with Crippen LogP contribution in [0, 0.1) is 0 Å². The van der Waals surface area contributed by atoms with Crippen LogP contribution in [-0.2, 0) is 9.47 Å². The molecule has 0 bridgehead atoms. The van der Waals surface area contributed by atoms with Crippen molar-refractivity contribution in [1.29, 1.82) is 0 Å². The first-order valence-corrected chi connectivity index (χ1v) is 13.3. The molecule has 0 atom stereocenters. The van der Waals surface area contributed by atoms with Crippen LogP contribution in [-0.4, -0.2) is 25.2 Å². The molecular weight excluding hydrogens is 448 g/mol. The number of carbonyl (C=O) groups is 2. The predicted octanol–water partition coefficient (Wildman–Crippen LogP) is 7.31. The molecule has 31 heavy (non-hydrogen) atoms. The molecule has 0 spiro atoms. The zero-order valence-corrected chi connectivity index (χ0v) is 20.0. The minimum atomic E-state index is -0.247. The van der Waals surface area contributed by atoms with Gasteiger partial charge in [-0.05, 0) is 75.6 Å². The van der Waals surface area contributed by atoms with Crippen LogP contribution in [0.25, 0.3) is 20.9 Å². The summed E-state index contributed by atoms with van der Waals surface area (Å²) in [5.41, 5.74) is 1.91. The predicted molar refractivity (Wildman–Crippen MR) is 127 cm³/mol. The van der Waals surface area contributed by atoms with Gasteiger partial charge >= 0.3 is 11.9 Å². The first-order valence-electron chi connectivity index (χ1n) is 10.8. The quantitative estimate of drug-likeness (QED) is 0.322. The van der Waals surface area contributed by atoms with Crippen LogP contribution >= 0.6 is 34.0 Å². The summed E-state index contributed by atoms with van der Waals surface area (Å²) in [4.78, 5) is 31.2. The van der Waals surface area contributed by atoms with Gasteiger partial charge in [0.1, 0.15) is 9.75 Å². The third-order valence-electron chi connectivity index (χ3n) is 5.52. The number of hydrogen-bond donors (Lipinski definition) is 0. The molecule has 4 nitrogen and oxygen atoms in total. The lowest BCUT2D eigenvalue weighted by atomic mass is 10.1. The summed E-state index contributed by atoms with van der Waals surface area (Å²) in [6.45, 7) is 4.40. The van der Waals surface area contributed by atoms with E-state index >= 15 is 0 Å². The molecule has 5 rings (SSSR count). The van der Waals surface area contributed by atoms with Crippen LogP contribution < -0.4 is 0 Å². The molecule has 162 valence electrons. The highest BCUT2D eigenvalue weighted by Gasteiger charge is 2.31. The van der Waals surface area contributed by atoms with Crippen molar-refractivity contribution in [3.05, 3.63) is 43.8 Å². The second kappa shape index (κ2) is 8.52. The second-order valence-electron chi connectivity index (χ2n) is 7.94. The van der Waals surface area contributed by atoms with Crippen molar-refractivity contribution < 1.29 is 19.1 Å². The molecule has 2 saturated carbocycles. The number of rotatable bonds is 8. The molecule has 2 fully saturated rings. The molecule has 2 aliphatic rings. The topological polar surface area (TPSA) is 52.6 Å².